The first-order valence-corrected chi connectivity index (χ1v) is 10.8. The van der Waals surface area contributed by atoms with Crippen LogP contribution in [0.15, 0.2) is 97.1 Å². The highest BCUT2D eigenvalue weighted by molar-refractivity contribution is 6.14. The predicted molar refractivity (Wildman–Crippen MR) is 132 cm³/mol. The highest BCUT2D eigenvalue weighted by atomic mass is 16.6. The summed E-state index contributed by atoms with van der Waals surface area (Å²) < 4.78 is 7.45. The van der Waals surface area contributed by atoms with Crippen LogP contribution in [0.3, 0.4) is 0 Å². The fourth-order valence-corrected chi connectivity index (χ4v) is 4.15. The summed E-state index contributed by atoms with van der Waals surface area (Å²) in [6.07, 6.45) is -0.363. The Labute approximate surface area is 187 Å². The van der Waals surface area contributed by atoms with Crippen LogP contribution >= 0.6 is 0 Å². The number of rotatable bonds is 2. The summed E-state index contributed by atoms with van der Waals surface area (Å²) >= 11 is 0. The van der Waals surface area contributed by atoms with Gasteiger partial charge >= 0.3 is 6.09 Å². The number of ether oxygens (including phenoxy) is 1. The van der Waals surface area contributed by atoms with E-state index in [1.807, 2.05) is 69.3 Å². The third-order valence-electron chi connectivity index (χ3n) is 5.56. The first-order valence-electron chi connectivity index (χ1n) is 10.8. The molecule has 5 aromatic rings. The minimum absolute atomic E-state index is 0.363. The van der Waals surface area contributed by atoms with E-state index in [9.17, 15) is 4.79 Å². The van der Waals surface area contributed by atoms with Crippen molar-refractivity contribution >= 4 is 27.9 Å². The fourth-order valence-electron chi connectivity index (χ4n) is 4.15. The molecular weight excluding hydrogens is 394 g/mol. The van der Waals surface area contributed by atoms with Gasteiger partial charge in [-0.1, -0.05) is 72.8 Å². The number of benzene rings is 4. The summed E-state index contributed by atoms with van der Waals surface area (Å²) in [5.74, 6) is 0. The SMILES string of the molecule is CC(C)(C)OC(=O)n1c2ccc(-c3ccccc3)cc2c2cc(-c3ccccc3)ccc21. The van der Waals surface area contributed by atoms with E-state index < -0.39 is 5.60 Å². The zero-order valence-electron chi connectivity index (χ0n) is 18.5. The van der Waals surface area contributed by atoms with Crippen molar-refractivity contribution in [2.75, 3.05) is 0 Å². The second-order valence-electron chi connectivity index (χ2n) is 9.01. The molecule has 1 heterocycles. The zero-order valence-corrected chi connectivity index (χ0v) is 18.5. The Morgan fingerprint density at radius 1 is 0.625 bits per heavy atom. The number of fused-ring (bicyclic) bond motifs is 3. The third kappa shape index (κ3) is 3.67. The number of carbonyl (C=O) groups is 1. The van der Waals surface area contributed by atoms with Crippen LogP contribution < -0.4 is 0 Å². The molecule has 0 bridgehead atoms. The van der Waals surface area contributed by atoms with Gasteiger partial charge in [-0.25, -0.2) is 9.36 Å². The van der Waals surface area contributed by atoms with Crippen LogP contribution in [-0.2, 0) is 4.74 Å². The van der Waals surface area contributed by atoms with Crippen molar-refractivity contribution in [1.82, 2.24) is 4.57 Å². The molecule has 0 aliphatic carbocycles. The van der Waals surface area contributed by atoms with Gasteiger partial charge in [-0.2, -0.15) is 0 Å². The molecule has 158 valence electrons. The molecule has 0 unspecified atom stereocenters. The topological polar surface area (TPSA) is 31.2 Å². The van der Waals surface area contributed by atoms with E-state index in [1.54, 1.807) is 4.57 Å². The average molecular weight is 420 g/mol. The Balaban J connectivity index is 1.77. The summed E-state index contributed by atoms with van der Waals surface area (Å²) in [5.41, 5.74) is 5.64. The first-order chi connectivity index (χ1) is 15.4. The molecule has 0 saturated carbocycles. The predicted octanol–water partition coefficient (Wildman–Crippen LogP) is 7.91. The number of carbonyl (C=O) groups excluding carboxylic acids is 1. The van der Waals surface area contributed by atoms with E-state index in [2.05, 4.69) is 48.5 Å². The maximum absolute atomic E-state index is 13.2. The van der Waals surface area contributed by atoms with Gasteiger partial charge in [-0.15, -0.1) is 0 Å². The number of nitrogens with zero attached hydrogens (tertiary/aromatic N) is 1. The molecule has 0 spiro atoms. The van der Waals surface area contributed by atoms with Crippen LogP contribution in [0, 0.1) is 0 Å². The van der Waals surface area contributed by atoms with Crippen molar-refractivity contribution < 1.29 is 9.53 Å². The zero-order chi connectivity index (χ0) is 22.3. The standard InChI is InChI=1S/C29H25NO2/c1-29(2,3)32-28(31)30-26-16-14-22(20-10-6-4-7-11-20)18-24(26)25-19-23(15-17-27(25)30)21-12-8-5-9-13-21/h4-19H,1-3H3. The Hall–Kier alpha value is -3.85. The molecule has 1 aromatic heterocycles. The maximum Gasteiger partial charge on any atom is 0.419 e. The molecule has 5 rings (SSSR count). The van der Waals surface area contributed by atoms with E-state index in [0.717, 1.165) is 44.1 Å². The Kier molecular flexibility index (Phi) is 4.82. The average Bonchev–Trinajstić information content (AvgIpc) is 3.12. The van der Waals surface area contributed by atoms with Crippen LogP contribution in [-0.4, -0.2) is 16.3 Å². The lowest BCUT2D eigenvalue weighted by Gasteiger charge is -2.20. The molecule has 0 amide bonds. The van der Waals surface area contributed by atoms with E-state index in [-0.39, 0.29) is 6.09 Å². The summed E-state index contributed by atoms with van der Waals surface area (Å²) in [6, 6.07) is 33.1. The summed E-state index contributed by atoms with van der Waals surface area (Å²) in [6.45, 7) is 5.67. The van der Waals surface area contributed by atoms with Crippen molar-refractivity contribution in [2.24, 2.45) is 0 Å². The molecule has 3 heteroatoms. The van der Waals surface area contributed by atoms with Crippen LogP contribution in [0.2, 0.25) is 0 Å². The third-order valence-corrected chi connectivity index (χ3v) is 5.56. The van der Waals surface area contributed by atoms with Gasteiger partial charge in [0.05, 0.1) is 11.0 Å². The molecule has 0 N–H and O–H groups in total. The molecule has 3 nitrogen and oxygen atoms in total. The highest BCUT2D eigenvalue weighted by Crippen LogP contribution is 2.35. The van der Waals surface area contributed by atoms with Crippen molar-refractivity contribution in [3.05, 3.63) is 97.1 Å². The van der Waals surface area contributed by atoms with Crippen LogP contribution in [0.25, 0.3) is 44.1 Å². The van der Waals surface area contributed by atoms with Gasteiger partial charge in [-0.3, -0.25) is 0 Å². The molecule has 0 aliphatic heterocycles. The van der Waals surface area contributed by atoms with E-state index in [1.165, 1.54) is 0 Å². The van der Waals surface area contributed by atoms with E-state index in [4.69, 9.17) is 4.74 Å². The fraction of sp³-hybridized carbons (Fsp3) is 0.138. The molecule has 32 heavy (non-hydrogen) atoms. The van der Waals surface area contributed by atoms with Crippen molar-refractivity contribution in [2.45, 2.75) is 26.4 Å². The van der Waals surface area contributed by atoms with Crippen molar-refractivity contribution in [3.63, 3.8) is 0 Å². The molecule has 0 saturated heterocycles. The minimum Gasteiger partial charge on any atom is -0.443 e. The largest absolute Gasteiger partial charge is 0.443 e. The number of hydrogen-bond acceptors (Lipinski definition) is 2. The molecule has 0 radical (unpaired) electrons. The monoisotopic (exact) mass is 419 g/mol. The van der Waals surface area contributed by atoms with Gasteiger partial charge < -0.3 is 4.74 Å². The van der Waals surface area contributed by atoms with Gasteiger partial charge in [-0.05, 0) is 67.3 Å². The van der Waals surface area contributed by atoms with E-state index >= 15 is 0 Å². The quantitative estimate of drug-likeness (QED) is 0.291. The van der Waals surface area contributed by atoms with Gasteiger partial charge in [0, 0.05) is 10.8 Å². The smallest absolute Gasteiger partial charge is 0.419 e. The minimum atomic E-state index is -0.575. The van der Waals surface area contributed by atoms with Crippen molar-refractivity contribution in [1.29, 1.82) is 0 Å². The van der Waals surface area contributed by atoms with Gasteiger partial charge in [0.15, 0.2) is 0 Å². The Morgan fingerprint density at radius 3 is 1.47 bits per heavy atom. The first kappa shape index (κ1) is 20.1. The van der Waals surface area contributed by atoms with Gasteiger partial charge in [0.2, 0.25) is 0 Å². The molecule has 0 aliphatic rings. The second kappa shape index (κ2) is 7.69. The normalized spacial score (nSPS) is 11.7. The lowest BCUT2D eigenvalue weighted by Crippen LogP contribution is -2.27. The molecule has 0 fully saturated rings. The van der Waals surface area contributed by atoms with Gasteiger partial charge in [0.25, 0.3) is 0 Å². The number of hydrogen-bond donors (Lipinski definition) is 0. The van der Waals surface area contributed by atoms with Gasteiger partial charge in [0.1, 0.15) is 5.60 Å². The Bertz CT molecular complexity index is 1330. The molecule has 0 atom stereocenters. The van der Waals surface area contributed by atoms with E-state index in [0.29, 0.717) is 0 Å². The highest BCUT2D eigenvalue weighted by Gasteiger charge is 2.23. The van der Waals surface area contributed by atoms with Crippen LogP contribution in [0.4, 0.5) is 4.79 Å². The second-order valence-corrected chi connectivity index (χ2v) is 9.01. The summed E-state index contributed by atoms with van der Waals surface area (Å²) in [4.78, 5) is 13.2. The summed E-state index contributed by atoms with van der Waals surface area (Å²) in [5, 5.41) is 2.06. The van der Waals surface area contributed by atoms with Crippen molar-refractivity contribution in [3.8, 4) is 22.3 Å². The molecular formula is C29H25NO2. The Morgan fingerprint density at radius 2 is 1.06 bits per heavy atom. The van der Waals surface area contributed by atoms with Crippen LogP contribution in [0.1, 0.15) is 20.8 Å². The number of aromatic nitrogens is 1. The summed E-state index contributed by atoms with van der Waals surface area (Å²) in [7, 11) is 0. The molecule has 4 aromatic carbocycles. The maximum atomic E-state index is 13.2. The lowest BCUT2D eigenvalue weighted by molar-refractivity contribution is 0.0551. The lowest BCUT2D eigenvalue weighted by atomic mass is 10.0. The van der Waals surface area contributed by atoms with Crippen LogP contribution in [0.5, 0.6) is 0 Å².